The molecule has 2 N–H and O–H groups in total. The van der Waals surface area contributed by atoms with Gasteiger partial charge in [-0.3, -0.25) is 4.79 Å². The fraction of sp³-hybridized carbons (Fsp3) is 0.444. The number of rotatable bonds is 2. The van der Waals surface area contributed by atoms with Crippen molar-refractivity contribution in [2.75, 3.05) is 25.1 Å². The number of hydrogen-bond acceptors (Lipinski definition) is 5. The topological polar surface area (TPSA) is 76.1 Å². The van der Waals surface area contributed by atoms with Crippen LogP contribution in [-0.4, -0.2) is 41.7 Å². The number of nitrogens with one attached hydrogen (secondary N) is 2. The van der Waals surface area contributed by atoms with Crippen LogP contribution < -0.4 is 10.6 Å². The van der Waals surface area contributed by atoms with Crippen LogP contribution in [0.2, 0.25) is 5.15 Å². The number of amides is 1. The molecule has 1 fully saturated rings. The quantitative estimate of drug-likeness (QED) is 0.717. The van der Waals surface area contributed by atoms with E-state index in [-0.39, 0.29) is 17.1 Å². The predicted octanol–water partition coefficient (Wildman–Crippen LogP) is 0.0569. The molecule has 0 bridgehead atoms. The number of anilines is 1. The van der Waals surface area contributed by atoms with Gasteiger partial charge in [0, 0.05) is 12.6 Å². The molecule has 1 atom stereocenters. The summed E-state index contributed by atoms with van der Waals surface area (Å²) >= 11 is 5.67. The summed E-state index contributed by atoms with van der Waals surface area (Å²) in [4.78, 5) is 19.3. The van der Waals surface area contributed by atoms with Crippen molar-refractivity contribution < 1.29 is 9.53 Å². The van der Waals surface area contributed by atoms with E-state index in [4.69, 9.17) is 16.3 Å². The van der Waals surface area contributed by atoms with E-state index in [2.05, 4.69) is 20.6 Å². The van der Waals surface area contributed by atoms with E-state index in [1.807, 2.05) is 0 Å². The van der Waals surface area contributed by atoms with Crippen LogP contribution in [0.15, 0.2) is 12.4 Å². The lowest BCUT2D eigenvalue weighted by Gasteiger charge is -2.22. The summed E-state index contributed by atoms with van der Waals surface area (Å²) in [5, 5.41) is 5.97. The molecule has 0 saturated carbocycles. The van der Waals surface area contributed by atoms with Gasteiger partial charge >= 0.3 is 0 Å². The maximum absolute atomic E-state index is 11.7. The van der Waals surface area contributed by atoms with Gasteiger partial charge < -0.3 is 15.4 Å². The second-order valence-corrected chi connectivity index (χ2v) is 3.68. The summed E-state index contributed by atoms with van der Waals surface area (Å²) in [6, 6.07) is 1.14. The average molecular weight is 243 g/mol. The van der Waals surface area contributed by atoms with Gasteiger partial charge in [-0.25, -0.2) is 9.97 Å². The monoisotopic (exact) mass is 242 g/mol. The van der Waals surface area contributed by atoms with Crippen molar-refractivity contribution in [1.29, 1.82) is 0 Å². The number of halogens is 1. The van der Waals surface area contributed by atoms with E-state index < -0.39 is 0 Å². The summed E-state index contributed by atoms with van der Waals surface area (Å²) in [5.41, 5.74) is 0. The molecule has 7 heteroatoms. The smallest absolute Gasteiger partial charge is 0.245 e. The second-order valence-electron chi connectivity index (χ2n) is 3.30. The SMILES string of the molecule is O=C(Nc1cc(Cl)ncn1)C1COCCN1. The number of nitrogens with zero attached hydrogens (tertiary/aromatic N) is 2. The van der Waals surface area contributed by atoms with E-state index in [1.165, 1.54) is 12.4 Å². The molecule has 1 aliphatic heterocycles. The largest absolute Gasteiger partial charge is 0.378 e. The molecule has 2 rings (SSSR count). The van der Waals surface area contributed by atoms with Crippen LogP contribution in [0.5, 0.6) is 0 Å². The zero-order chi connectivity index (χ0) is 11.4. The first-order chi connectivity index (χ1) is 7.75. The Morgan fingerprint density at radius 1 is 1.62 bits per heavy atom. The van der Waals surface area contributed by atoms with E-state index in [0.29, 0.717) is 25.6 Å². The third kappa shape index (κ3) is 2.88. The van der Waals surface area contributed by atoms with Gasteiger partial charge in [0.15, 0.2) is 0 Å². The van der Waals surface area contributed by atoms with Crippen molar-refractivity contribution in [2.24, 2.45) is 0 Å². The zero-order valence-electron chi connectivity index (χ0n) is 8.44. The average Bonchev–Trinajstić information content (AvgIpc) is 2.30. The summed E-state index contributed by atoms with van der Waals surface area (Å²) in [7, 11) is 0. The van der Waals surface area contributed by atoms with Crippen molar-refractivity contribution in [3.05, 3.63) is 17.5 Å². The van der Waals surface area contributed by atoms with Crippen LogP contribution in [0, 0.1) is 0 Å². The molecule has 2 heterocycles. The predicted molar refractivity (Wildman–Crippen MR) is 58.3 cm³/mol. The molecule has 1 amide bonds. The van der Waals surface area contributed by atoms with Crippen molar-refractivity contribution in [3.63, 3.8) is 0 Å². The Balaban J connectivity index is 1.96. The summed E-state index contributed by atoms with van der Waals surface area (Å²) in [6.45, 7) is 1.66. The highest BCUT2D eigenvalue weighted by molar-refractivity contribution is 6.29. The maximum atomic E-state index is 11.7. The van der Waals surface area contributed by atoms with Gasteiger partial charge in [-0.1, -0.05) is 11.6 Å². The van der Waals surface area contributed by atoms with Crippen LogP contribution >= 0.6 is 11.6 Å². The number of morpholine rings is 1. The van der Waals surface area contributed by atoms with Crippen molar-refractivity contribution >= 4 is 23.3 Å². The van der Waals surface area contributed by atoms with Crippen LogP contribution in [-0.2, 0) is 9.53 Å². The number of carbonyl (C=O) groups is 1. The Bertz CT molecular complexity index is 382. The first-order valence-electron chi connectivity index (χ1n) is 4.85. The first kappa shape index (κ1) is 11.3. The van der Waals surface area contributed by atoms with Gasteiger partial charge in [0.2, 0.25) is 5.91 Å². The van der Waals surface area contributed by atoms with E-state index in [0.717, 1.165) is 0 Å². The van der Waals surface area contributed by atoms with Crippen LogP contribution in [0.25, 0.3) is 0 Å². The lowest BCUT2D eigenvalue weighted by Crippen LogP contribution is -2.48. The third-order valence-corrected chi connectivity index (χ3v) is 2.33. The van der Waals surface area contributed by atoms with Crippen molar-refractivity contribution in [2.45, 2.75) is 6.04 Å². The van der Waals surface area contributed by atoms with Crippen LogP contribution in [0.4, 0.5) is 5.82 Å². The van der Waals surface area contributed by atoms with Gasteiger partial charge in [-0.2, -0.15) is 0 Å². The van der Waals surface area contributed by atoms with Crippen molar-refractivity contribution in [1.82, 2.24) is 15.3 Å². The molecule has 0 spiro atoms. The van der Waals surface area contributed by atoms with Gasteiger partial charge in [-0.15, -0.1) is 0 Å². The third-order valence-electron chi connectivity index (χ3n) is 2.12. The summed E-state index contributed by atoms with van der Waals surface area (Å²) < 4.78 is 5.18. The number of hydrogen-bond donors (Lipinski definition) is 2. The van der Waals surface area contributed by atoms with E-state index >= 15 is 0 Å². The molecular formula is C9H11ClN4O2. The van der Waals surface area contributed by atoms with Crippen LogP contribution in [0.3, 0.4) is 0 Å². The highest BCUT2D eigenvalue weighted by Crippen LogP contribution is 2.09. The molecule has 86 valence electrons. The summed E-state index contributed by atoms with van der Waals surface area (Å²) in [5.74, 6) is 0.201. The lowest BCUT2D eigenvalue weighted by molar-refractivity contribution is -0.120. The van der Waals surface area contributed by atoms with E-state index in [9.17, 15) is 4.79 Å². The molecule has 0 radical (unpaired) electrons. The lowest BCUT2D eigenvalue weighted by atomic mass is 10.2. The fourth-order valence-electron chi connectivity index (χ4n) is 1.35. The van der Waals surface area contributed by atoms with Gasteiger partial charge in [-0.05, 0) is 0 Å². The molecule has 0 aliphatic carbocycles. The normalized spacial score (nSPS) is 20.4. The molecule has 0 aromatic carbocycles. The maximum Gasteiger partial charge on any atom is 0.245 e. The van der Waals surface area contributed by atoms with Gasteiger partial charge in [0.25, 0.3) is 0 Å². The van der Waals surface area contributed by atoms with Crippen LogP contribution in [0.1, 0.15) is 0 Å². The Hall–Kier alpha value is -1.24. The summed E-state index contributed by atoms with van der Waals surface area (Å²) in [6.07, 6.45) is 1.29. The van der Waals surface area contributed by atoms with E-state index in [1.54, 1.807) is 0 Å². The number of carbonyl (C=O) groups excluding carboxylic acids is 1. The Morgan fingerprint density at radius 2 is 2.50 bits per heavy atom. The molecular weight excluding hydrogens is 232 g/mol. The number of aromatic nitrogens is 2. The standard InChI is InChI=1S/C9H11ClN4O2/c10-7-3-8(13-5-12-7)14-9(15)6-4-16-2-1-11-6/h3,5-6,11H,1-2,4H2,(H,12,13,14,15). The molecule has 1 aliphatic rings. The number of ether oxygens (including phenoxy) is 1. The first-order valence-corrected chi connectivity index (χ1v) is 5.23. The Morgan fingerprint density at radius 3 is 3.19 bits per heavy atom. The van der Waals surface area contributed by atoms with Gasteiger partial charge in [0.1, 0.15) is 23.3 Å². The minimum atomic E-state index is -0.345. The molecule has 16 heavy (non-hydrogen) atoms. The Labute approximate surface area is 97.4 Å². The molecule has 1 aromatic rings. The highest BCUT2D eigenvalue weighted by Gasteiger charge is 2.21. The highest BCUT2D eigenvalue weighted by atomic mass is 35.5. The minimum Gasteiger partial charge on any atom is -0.378 e. The Kier molecular flexibility index (Phi) is 3.66. The molecule has 1 aromatic heterocycles. The molecule has 1 saturated heterocycles. The second kappa shape index (κ2) is 5.20. The molecule has 1 unspecified atom stereocenters. The fourth-order valence-corrected chi connectivity index (χ4v) is 1.50. The van der Waals surface area contributed by atoms with Gasteiger partial charge in [0.05, 0.1) is 13.2 Å². The zero-order valence-corrected chi connectivity index (χ0v) is 9.20. The minimum absolute atomic E-state index is 0.186. The van der Waals surface area contributed by atoms with Crippen molar-refractivity contribution in [3.8, 4) is 0 Å². The molecule has 6 nitrogen and oxygen atoms in total.